The number of hydrogen-bond acceptors (Lipinski definition) is 3. The van der Waals surface area contributed by atoms with Gasteiger partial charge in [0.05, 0.1) is 0 Å². The molecule has 3 heterocycles. The summed E-state index contributed by atoms with van der Waals surface area (Å²) in [5.74, 6) is 1.58. The zero-order valence-corrected chi connectivity index (χ0v) is 11.2. The Morgan fingerprint density at radius 1 is 1.21 bits per heavy atom. The van der Waals surface area contributed by atoms with Crippen molar-refractivity contribution < 1.29 is 4.79 Å². The molecule has 1 unspecified atom stereocenters. The molecule has 0 saturated carbocycles. The van der Waals surface area contributed by atoms with Crippen LogP contribution in [0.4, 0.5) is 0 Å². The summed E-state index contributed by atoms with van der Waals surface area (Å²) in [4.78, 5) is 18.5. The van der Waals surface area contributed by atoms with Crippen molar-refractivity contribution in [2.75, 3.05) is 26.2 Å². The first-order chi connectivity index (χ1) is 9.34. The third-order valence-electron chi connectivity index (χ3n) is 4.45. The maximum absolute atomic E-state index is 12.3. The number of nitrogens with zero attached hydrogens (tertiary/aromatic N) is 2. The van der Waals surface area contributed by atoms with E-state index in [-0.39, 0.29) is 5.91 Å². The molecule has 4 heteroatoms. The molecular weight excluding hydrogens is 238 g/mol. The molecule has 2 saturated heterocycles. The van der Waals surface area contributed by atoms with Crippen molar-refractivity contribution in [3.8, 4) is 0 Å². The molecule has 0 spiro atoms. The highest BCUT2D eigenvalue weighted by atomic mass is 16.2. The second-order valence-corrected chi connectivity index (χ2v) is 5.60. The topological polar surface area (TPSA) is 45.2 Å². The molecular formula is C15H21N3O. The van der Waals surface area contributed by atoms with Crippen LogP contribution in [0.25, 0.3) is 0 Å². The van der Waals surface area contributed by atoms with E-state index in [1.165, 1.54) is 12.8 Å². The molecule has 1 amide bonds. The molecule has 1 aromatic rings. The fourth-order valence-electron chi connectivity index (χ4n) is 3.32. The van der Waals surface area contributed by atoms with Gasteiger partial charge in [-0.25, -0.2) is 0 Å². The van der Waals surface area contributed by atoms with Gasteiger partial charge in [-0.15, -0.1) is 0 Å². The third-order valence-corrected chi connectivity index (χ3v) is 4.45. The average Bonchev–Trinajstić information content (AvgIpc) is 2.98. The van der Waals surface area contributed by atoms with E-state index in [2.05, 4.69) is 10.3 Å². The summed E-state index contributed by atoms with van der Waals surface area (Å²) in [5, 5.41) is 3.41. The van der Waals surface area contributed by atoms with Gasteiger partial charge in [0.15, 0.2) is 0 Å². The monoisotopic (exact) mass is 259 g/mol. The van der Waals surface area contributed by atoms with Crippen LogP contribution in [0.5, 0.6) is 0 Å². The van der Waals surface area contributed by atoms with Crippen molar-refractivity contribution in [2.45, 2.75) is 19.3 Å². The molecule has 2 fully saturated rings. The minimum atomic E-state index is 0.0945. The van der Waals surface area contributed by atoms with Gasteiger partial charge < -0.3 is 10.2 Å². The molecule has 3 rings (SSSR count). The summed E-state index contributed by atoms with van der Waals surface area (Å²) in [5.41, 5.74) is 0.577. The Bertz CT molecular complexity index is 428. The van der Waals surface area contributed by atoms with Gasteiger partial charge in [0, 0.05) is 19.3 Å². The van der Waals surface area contributed by atoms with Crippen molar-refractivity contribution in [1.82, 2.24) is 15.2 Å². The number of rotatable bonds is 2. The molecule has 19 heavy (non-hydrogen) atoms. The number of carbonyl (C=O) groups excluding carboxylic acids is 1. The molecule has 102 valence electrons. The SMILES string of the molecule is O=C(c1ccccn1)N1CCC(C2CCNCC2)C1. The standard InChI is InChI=1S/C15H21N3O/c19-15(14-3-1-2-7-17-14)18-10-6-13(11-18)12-4-8-16-9-5-12/h1-3,7,12-13,16H,4-6,8-11H2. The Labute approximate surface area is 114 Å². The van der Waals surface area contributed by atoms with E-state index in [4.69, 9.17) is 0 Å². The van der Waals surface area contributed by atoms with Crippen LogP contribution in [0, 0.1) is 11.8 Å². The molecule has 2 aliphatic rings. The first-order valence-electron chi connectivity index (χ1n) is 7.25. The lowest BCUT2D eigenvalue weighted by atomic mass is 9.84. The average molecular weight is 259 g/mol. The van der Waals surface area contributed by atoms with Gasteiger partial charge in [0.2, 0.25) is 0 Å². The van der Waals surface area contributed by atoms with E-state index in [9.17, 15) is 4.79 Å². The van der Waals surface area contributed by atoms with E-state index in [1.807, 2.05) is 17.0 Å². The number of nitrogens with one attached hydrogen (secondary N) is 1. The van der Waals surface area contributed by atoms with Crippen LogP contribution < -0.4 is 5.32 Å². The molecule has 0 aromatic carbocycles. The van der Waals surface area contributed by atoms with Crippen LogP contribution >= 0.6 is 0 Å². The van der Waals surface area contributed by atoms with Crippen molar-refractivity contribution in [1.29, 1.82) is 0 Å². The van der Waals surface area contributed by atoms with Crippen molar-refractivity contribution in [2.24, 2.45) is 11.8 Å². The first kappa shape index (κ1) is 12.6. The highest BCUT2D eigenvalue weighted by Crippen LogP contribution is 2.30. The Kier molecular flexibility index (Phi) is 3.78. The van der Waals surface area contributed by atoms with Crippen molar-refractivity contribution in [3.63, 3.8) is 0 Å². The predicted molar refractivity (Wildman–Crippen MR) is 73.8 cm³/mol. The highest BCUT2D eigenvalue weighted by molar-refractivity contribution is 5.92. The lowest BCUT2D eigenvalue weighted by molar-refractivity contribution is 0.0774. The second-order valence-electron chi connectivity index (χ2n) is 5.60. The second kappa shape index (κ2) is 5.70. The van der Waals surface area contributed by atoms with Crippen LogP contribution in [0.3, 0.4) is 0 Å². The van der Waals surface area contributed by atoms with E-state index < -0.39 is 0 Å². The van der Waals surface area contributed by atoms with Crippen molar-refractivity contribution >= 4 is 5.91 Å². The smallest absolute Gasteiger partial charge is 0.272 e. The lowest BCUT2D eigenvalue weighted by Crippen LogP contribution is -2.34. The maximum atomic E-state index is 12.3. The van der Waals surface area contributed by atoms with Crippen LogP contribution in [0.2, 0.25) is 0 Å². The van der Waals surface area contributed by atoms with Crippen LogP contribution in [-0.2, 0) is 0 Å². The summed E-state index contributed by atoms with van der Waals surface area (Å²) in [6, 6.07) is 5.53. The van der Waals surface area contributed by atoms with Gasteiger partial charge >= 0.3 is 0 Å². The Hall–Kier alpha value is -1.42. The summed E-state index contributed by atoms with van der Waals surface area (Å²) in [6.45, 7) is 4.08. The predicted octanol–water partition coefficient (Wildman–Crippen LogP) is 1.54. The summed E-state index contributed by atoms with van der Waals surface area (Å²) in [6.07, 6.45) is 5.36. The first-order valence-corrected chi connectivity index (χ1v) is 7.25. The Balaban J connectivity index is 1.61. The maximum Gasteiger partial charge on any atom is 0.272 e. The quantitative estimate of drug-likeness (QED) is 0.876. The molecule has 4 nitrogen and oxygen atoms in total. The largest absolute Gasteiger partial charge is 0.337 e. The summed E-state index contributed by atoms with van der Waals surface area (Å²) in [7, 11) is 0. The number of pyridine rings is 1. The summed E-state index contributed by atoms with van der Waals surface area (Å²) >= 11 is 0. The normalized spacial score (nSPS) is 24.6. The molecule has 0 aliphatic carbocycles. The number of hydrogen-bond donors (Lipinski definition) is 1. The molecule has 2 aliphatic heterocycles. The Morgan fingerprint density at radius 2 is 2.05 bits per heavy atom. The molecule has 1 atom stereocenters. The number of likely N-dealkylation sites (tertiary alicyclic amines) is 1. The van der Waals surface area contributed by atoms with Gasteiger partial charge in [-0.05, 0) is 56.3 Å². The number of piperidine rings is 1. The van der Waals surface area contributed by atoms with E-state index >= 15 is 0 Å². The van der Waals surface area contributed by atoms with Crippen LogP contribution in [0.1, 0.15) is 29.8 Å². The van der Waals surface area contributed by atoms with Crippen LogP contribution in [0.15, 0.2) is 24.4 Å². The minimum Gasteiger partial charge on any atom is -0.337 e. The lowest BCUT2D eigenvalue weighted by Gasteiger charge is -2.28. The van der Waals surface area contributed by atoms with Crippen molar-refractivity contribution in [3.05, 3.63) is 30.1 Å². The number of aromatic nitrogens is 1. The molecule has 0 bridgehead atoms. The number of amides is 1. The molecule has 1 N–H and O–H groups in total. The summed E-state index contributed by atoms with van der Waals surface area (Å²) < 4.78 is 0. The van der Waals surface area contributed by atoms with E-state index in [0.29, 0.717) is 11.6 Å². The van der Waals surface area contributed by atoms with Gasteiger partial charge in [-0.2, -0.15) is 0 Å². The minimum absolute atomic E-state index is 0.0945. The van der Waals surface area contributed by atoms with Gasteiger partial charge in [0.25, 0.3) is 5.91 Å². The van der Waals surface area contributed by atoms with Crippen LogP contribution in [-0.4, -0.2) is 42.0 Å². The Morgan fingerprint density at radius 3 is 2.79 bits per heavy atom. The van der Waals surface area contributed by atoms with Gasteiger partial charge in [0.1, 0.15) is 5.69 Å². The fourth-order valence-corrected chi connectivity index (χ4v) is 3.32. The van der Waals surface area contributed by atoms with Gasteiger partial charge in [-0.1, -0.05) is 6.07 Å². The fraction of sp³-hybridized carbons (Fsp3) is 0.600. The van der Waals surface area contributed by atoms with E-state index in [1.54, 1.807) is 12.3 Å². The zero-order chi connectivity index (χ0) is 13.1. The van der Waals surface area contributed by atoms with Gasteiger partial charge in [-0.3, -0.25) is 9.78 Å². The highest BCUT2D eigenvalue weighted by Gasteiger charge is 2.32. The third kappa shape index (κ3) is 2.78. The van der Waals surface area contributed by atoms with E-state index in [0.717, 1.165) is 38.5 Å². The number of carbonyl (C=O) groups is 1. The molecule has 1 aromatic heterocycles. The molecule has 0 radical (unpaired) electrons. The zero-order valence-electron chi connectivity index (χ0n) is 11.2.